The van der Waals surface area contributed by atoms with E-state index >= 15 is 0 Å². The van der Waals surface area contributed by atoms with Crippen molar-refractivity contribution in [2.24, 2.45) is 0 Å². The molecule has 0 bridgehead atoms. The van der Waals surface area contributed by atoms with Crippen LogP contribution in [-0.2, 0) is 0 Å². The highest BCUT2D eigenvalue weighted by atomic mass is 19.1. The molecule has 0 radical (unpaired) electrons. The van der Waals surface area contributed by atoms with Crippen LogP contribution in [-0.4, -0.2) is 38.1 Å². The maximum atomic E-state index is 13.0. The van der Waals surface area contributed by atoms with Gasteiger partial charge in [0.2, 0.25) is 11.7 Å². The number of halogens is 1. The number of methoxy groups -OCH3 is 3. The summed E-state index contributed by atoms with van der Waals surface area (Å²) in [7, 11) is 4.27. The van der Waals surface area contributed by atoms with Crippen LogP contribution in [0, 0.1) is 5.95 Å². The molecular formula is C16H16FN3O5. The minimum absolute atomic E-state index is 0.0118. The van der Waals surface area contributed by atoms with Crippen molar-refractivity contribution in [1.82, 2.24) is 15.8 Å². The molecule has 2 N–H and O–H groups in total. The summed E-state index contributed by atoms with van der Waals surface area (Å²) in [5.74, 6) is -1.21. The van der Waals surface area contributed by atoms with E-state index in [4.69, 9.17) is 14.2 Å². The third-order valence-electron chi connectivity index (χ3n) is 3.21. The number of nitrogens with zero attached hydrogens (tertiary/aromatic N) is 1. The quantitative estimate of drug-likeness (QED) is 0.624. The Labute approximate surface area is 142 Å². The highest BCUT2D eigenvalue weighted by Gasteiger charge is 2.17. The fourth-order valence-corrected chi connectivity index (χ4v) is 2.01. The van der Waals surface area contributed by atoms with E-state index in [0.717, 1.165) is 12.3 Å². The van der Waals surface area contributed by atoms with Crippen LogP contribution in [0.1, 0.15) is 20.7 Å². The molecule has 9 heteroatoms. The number of aromatic nitrogens is 1. The standard InChI is InChI=1S/C16H16FN3O5/c1-23-11-6-10(7-12(24-2)14(11)25-3)16(22)20-19-15(21)9-4-5-18-13(17)8-9/h4-8H,1-3H3,(H,19,21)(H,20,22). The number of benzene rings is 1. The minimum Gasteiger partial charge on any atom is -0.493 e. The number of ether oxygens (including phenoxy) is 3. The predicted octanol–water partition coefficient (Wildman–Crippen LogP) is 1.32. The van der Waals surface area contributed by atoms with Gasteiger partial charge in [-0.3, -0.25) is 20.4 Å². The third kappa shape index (κ3) is 4.14. The molecule has 0 fully saturated rings. The van der Waals surface area contributed by atoms with E-state index in [-0.39, 0.29) is 22.6 Å². The summed E-state index contributed by atoms with van der Waals surface area (Å²) in [6, 6.07) is 5.11. The summed E-state index contributed by atoms with van der Waals surface area (Å²) in [4.78, 5) is 27.5. The second kappa shape index (κ2) is 7.95. The molecular weight excluding hydrogens is 333 g/mol. The van der Waals surface area contributed by atoms with E-state index < -0.39 is 17.8 Å². The second-order valence-corrected chi connectivity index (χ2v) is 4.69. The number of rotatable bonds is 5. The van der Waals surface area contributed by atoms with Crippen LogP contribution in [0.3, 0.4) is 0 Å². The number of pyridine rings is 1. The van der Waals surface area contributed by atoms with Crippen molar-refractivity contribution in [3.8, 4) is 17.2 Å². The summed E-state index contributed by atoms with van der Waals surface area (Å²) in [5, 5.41) is 0. The van der Waals surface area contributed by atoms with Gasteiger partial charge in [-0.25, -0.2) is 4.98 Å². The van der Waals surface area contributed by atoms with Crippen molar-refractivity contribution in [1.29, 1.82) is 0 Å². The molecule has 132 valence electrons. The summed E-state index contributed by atoms with van der Waals surface area (Å²) in [6.07, 6.45) is 1.14. The summed E-state index contributed by atoms with van der Waals surface area (Å²) >= 11 is 0. The first-order valence-electron chi connectivity index (χ1n) is 7.02. The molecule has 1 aromatic carbocycles. The molecule has 0 atom stereocenters. The van der Waals surface area contributed by atoms with Gasteiger partial charge in [-0.15, -0.1) is 0 Å². The summed E-state index contributed by atoms with van der Waals surface area (Å²) < 4.78 is 28.5. The Balaban J connectivity index is 2.14. The molecule has 0 unspecified atom stereocenters. The van der Waals surface area contributed by atoms with Crippen molar-refractivity contribution < 1.29 is 28.2 Å². The number of carbonyl (C=O) groups excluding carboxylic acids is 2. The van der Waals surface area contributed by atoms with E-state index in [2.05, 4.69) is 15.8 Å². The Morgan fingerprint density at radius 2 is 1.48 bits per heavy atom. The lowest BCUT2D eigenvalue weighted by molar-refractivity contribution is 0.0846. The minimum atomic E-state index is -0.802. The molecule has 8 nitrogen and oxygen atoms in total. The number of carbonyl (C=O) groups is 2. The molecule has 0 aliphatic carbocycles. The Bertz CT molecular complexity index is 772. The Morgan fingerprint density at radius 3 is 1.96 bits per heavy atom. The molecule has 2 rings (SSSR count). The molecule has 0 aliphatic heterocycles. The van der Waals surface area contributed by atoms with Gasteiger partial charge in [0.1, 0.15) is 0 Å². The first-order chi connectivity index (χ1) is 12.0. The van der Waals surface area contributed by atoms with Crippen molar-refractivity contribution in [2.45, 2.75) is 0 Å². The Hall–Kier alpha value is -3.36. The van der Waals surface area contributed by atoms with Crippen molar-refractivity contribution in [3.63, 3.8) is 0 Å². The molecule has 0 saturated heterocycles. The number of hydrogen-bond acceptors (Lipinski definition) is 6. The lowest BCUT2D eigenvalue weighted by atomic mass is 10.1. The zero-order valence-corrected chi connectivity index (χ0v) is 13.8. The van der Waals surface area contributed by atoms with E-state index in [1.807, 2.05) is 0 Å². The molecule has 0 spiro atoms. The Kier molecular flexibility index (Phi) is 5.72. The molecule has 2 amide bonds. The number of hydrogen-bond donors (Lipinski definition) is 2. The lowest BCUT2D eigenvalue weighted by Gasteiger charge is -2.14. The zero-order valence-electron chi connectivity index (χ0n) is 13.8. The van der Waals surface area contributed by atoms with Gasteiger partial charge in [-0.05, 0) is 18.2 Å². The fraction of sp³-hybridized carbons (Fsp3) is 0.188. The summed E-state index contributed by atoms with van der Waals surface area (Å²) in [5.41, 5.74) is 4.58. The van der Waals surface area contributed by atoms with E-state index in [1.54, 1.807) is 0 Å². The highest BCUT2D eigenvalue weighted by molar-refractivity contribution is 5.99. The van der Waals surface area contributed by atoms with Gasteiger partial charge in [0.05, 0.1) is 21.3 Å². The third-order valence-corrected chi connectivity index (χ3v) is 3.21. The smallest absolute Gasteiger partial charge is 0.269 e. The van der Waals surface area contributed by atoms with Gasteiger partial charge < -0.3 is 14.2 Å². The van der Waals surface area contributed by atoms with Gasteiger partial charge >= 0.3 is 0 Å². The SMILES string of the molecule is COc1cc(C(=O)NNC(=O)c2ccnc(F)c2)cc(OC)c1OC. The van der Waals surface area contributed by atoms with Crippen LogP contribution < -0.4 is 25.1 Å². The molecule has 0 saturated carbocycles. The van der Waals surface area contributed by atoms with Crippen LogP contribution in [0.2, 0.25) is 0 Å². The van der Waals surface area contributed by atoms with Gasteiger partial charge in [-0.2, -0.15) is 4.39 Å². The average molecular weight is 349 g/mol. The number of amides is 2. The molecule has 25 heavy (non-hydrogen) atoms. The first kappa shape index (κ1) is 18.0. The van der Waals surface area contributed by atoms with E-state index in [9.17, 15) is 14.0 Å². The van der Waals surface area contributed by atoms with E-state index in [1.165, 1.54) is 39.5 Å². The number of hydrazine groups is 1. The van der Waals surface area contributed by atoms with Gasteiger partial charge in [0, 0.05) is 23.4 Å². The molecule has 0 aliphatic rings. The maximum absolute atomic E-state index is 13.0. The van der Waals surface area contributed by atoms with Gasteiger partial charge in [0.25, 0.3) is 11.8 Å². The topological polar surface area (TPSA) is 98.8 Å². The largest absolute Gasteiger partial charge is 0.493 e. The van der Waals surface area contributed by atoms with E-state index in [0.29, 0.717) is 5.75 Å². The molecule has 1 aromatic heterocycles. The normalized spacial score (nSPS) is 9.92. The lowest BCUT2D eigenvalue weighted by Crippen LogP contribution is -2.41. The van der Waals surface area contributed by atoms with Gasteiger partial charge in [0.15, 0.2) is 11.5 Å². The van der Waals surface area contributed by atoms with Gasteiger partial charge in [-0.1, -0.05) is 0 Å². The molecule has 2 aromatic rings. The fourth-order valence-electron chi connectivity index (χ4n) is 2.01. The Morgan fingerprint density at radius 1 is 0.920 bits per heavy atom. The number of nitrogens with one attached hydrogen (secondary N) is 2. The monoisotopic (exact) mass is 349 g/mol. The van der Waals surface area contributed by atoms with Crippen LogP contribution in [0.25, 0.3) is 0 Å². The van der Waals surface area contributed by atoms with Crippen LogP contribution in [0.4, 0.5) is 4.39 Å². The highest BCUT2D eigenvalue weighted by Crippen LogP contribution is 2.38. The van der Waals surface area contributed by atoms with Crippen LogP contribution in [0.15, 0.2) is 30.5 Å². The van der Waals surface area contributed by atoms with Crippen molar-refractivity contribution >= 4 is 11.8 Å². The molecule has 1 heterocycles. The first-order valence-corrected chi connectivity index (χ1v) is 7.02. The average Bonchev–Trinajstić information content (AvgIpc) is 2.64. The summed E-state index contributed by atoms with van der Waals surface area (Å²) in [6.45, 7) is 0. The van der Waals surface area contributed by atoms with Crippen molar-refractivity contribution in [3.05, 3.63) is 47.5 Å². The van der Waals surface area contributed by atoms with Crippen LogP contribution >= 0.6 is 0 Å². The van der Waals surface area contributed by atoms with Crippen LogP contribution in [0.5, 0.6) is 17.2 Å². The predicted molar refractivity (Wildman–Crippen MR) is 85.2 cm³/mol. The van der Waals surface area contributed by atoms with Crippen molar-refractivity contribution in [2.75, 3.05) is 21.3 Å². The maximum Gasteiger partial charge on any atom is 0.269 e. The second-order valence-electron chi connectivity index (χ2n) is 4.69. The zero-order chi connectivity index (χ0) is 18.4.